The fraction of sp³-hybridized carbons (Fsp3) is 0.308. The first kappa shape index (κ1) is 23.1. The van der Waals surface area contributed by atoms with Crippen LogP contribution in [0, 0.1) is 0 Å². The van der Waals surface area contributed by atoms with Gasteiger partial charge >= 0.3 is 0 Å². The van der Waals surface area contributed by atoms with Crippen molar-refractivity contribution in [2.24, 2.45) is 0 Å². The quantitative estimate of drug-likeness (QED) is 0.467. The molecule has 1 aliphatic rings. The summed E-state index contributed by atoms with van der Waals surface area (Å²) in [6.45, 7) is 0.494. The minimum Gasteiger partial charge on any atom is -0.354 e. The zero-order valence-electron chi connectivity index (χ0n) is 18.5. The Bertz CT molecular complexity index is 1230. The molecule has 2 N–H and O–H groups in total. The van der Waals surface area contributed by atoms with Crippen LogP contribution in [0.15, 0.2) is 83.4 Å². The normalized spacial score (nSPS) is 15.1. The minimum absolute atomic E-state index is 0.0684. The summed E-state index contributed by atoms with van der Waals surface area (Å²) in [4.78, 5) is 17.4. The van der Waals surface area contributed by atoms with Gasteiger partial charge in [0.05, 0.1) is 5.52 Å². The van der Waals surface area contributed by atoms with Crippen molar-refractivity contribution in [3.05, 3.63) is 84.1 Å². The molecule has 172 valence electrons. The van der Waals surface area contributed by atoms with Crippen LogP contribution in [0.4, 0.5) is 0 Å². The predicted molar refractivity (Wildman–Crippen MR) is 130 cm³/mol. The molecule has 33 heavy (non-hydrogen) atoms. The molecule has 0 fully saturated rings. The lowest BCUT2D eigenvalue weighted by atomic mass is 9.97. The Kier molecular flexibility index (Phi) is 7.52. The second-order valence-corrected chi connectivity index (χ2v) is 10.0. The van der Waals surface area contributed by atoms with Crippen molar-refractivity contribution >= 4 is 26.8 Å². The largest absolute Gasteiger partial charge is 0.354 e. The highest BCUT2D eigenvalue weighted by Crippen LogP contribution is 2.22. The van der Waals surface area contributed by atoms with Crippen LogP contribution >= 0.6 is 0 Å². The van der Waals surface area contributed by atoms with E-state index in [-0.39, 0.29) is 17.2 Å². The van der Waals surface area contributed by atoms with Crippen molar-refractivity contribution in [3.8, 4) is 0 Å². The Hall–Kier alpha value is -3.03. The highest BCUT2D eigenvalue weighted by Gasteiger charge is 2.27. The topological polar surface area (TPSA) is 88.2 Å². The molecule has 0 saturated carbocycles. The van der Waals surface area contributed by atoms with E-state index in [2.05, 4.69) is 21.1 Å². The van der Waals surface area contributed by atoms with Gasteiger partial charge in [0.15, 0.2) is 0 Å². The minimum atomic E-state index is -3.98. The lowest BCUT2D eigenvalue weighted by Gasteiger charge is -2.20. The average Bonchev–Trinajstić information content (AvgIpc) is 2.84. The molecule has 2 aromatic carbocycles. The number of nitrogens with one attached hydrogen (secondary N) is 2. The highest BCUT2D eigenvalue weighted by atomic mass is 32.2. The number of aromatic nitrogens is 1. The van der Waals surface area contributed by atoms with E-state index in [9.17, 15) is 13.2 Å². The van der Waals surface area contributed by atoms with E-state index in [0.717, 1.165) is 30.2 Å². The van der Waals surface area contributed by atoms with Gasteiger partial charge in [0, 0.05) is 18.1 Å². The summed E-state index contributed by atoms with van der Waals surface area (Å²) in [5, 5.41) is 3.67. The van der Waals surface area contributed by atoms with Crippen molar-refractivity contribution in [1.29, 1.82) is 0 Å². The third-order valence-electron chi connectivity index (χ3n) is 5.91. The fourth-order valence-electron chi connectivity index (χ4n) is 4.18. The van der Waals surface area contributed by atoms with E-state index in [4.69, 9.17) is 0 Å². The molecule has 1 aliphatic carbocycles. The number of hydrogen-bond acceptors (Lipinski definition) is 4. The number of para-hydroxylation sites is 1. The Labute approximate surface area is 195 Å². The van der Waals surface area contributed by atoms with Gasteiger partial charge in [-0.05, 0) is 56.2 Å². The zero-order chi connectivity index (χ0) is 23.1. The maximum Gasteiger partial charge on any atom is 0.243 e. The summed E-state index contributed by atoms with van der Waals surface area (Å²) in [5.41, 5.74) is 2.63. The third kappa shape index (κ3) is 6.06. The number of nitrogens with zero attached hydrogens (tertiary/aromatic N) is 1. The third-order valence-corrected chi connectivity index (χ3v) is 7.42. The zero-order valence-corrected chi connectivity index (χ0v) is 19.4. The molecule has 0 saturated heterocycles. The molecule has 1 atom stereocenters. The van der Waals surface area contributed by atoms with Crippen molar-refractivity contribution in [3.63, 3.8) is 0 Å². The second-order valence-electron chi connectivity index (χ2n) is 8.34. The van der Waals surface area contributed by atoms with E-state index in [0.29, 0.717) is 12.1 Å². The maximum absolute atomic E-state index is 13.3. The van der Waals surface area contributed by atoms with Gasteiger partial charge in [0.1, 0.15) is 10.9 Å². The van der Waals surface area contributed by atoms with E-state index in [1.807, 2.05) is 42.5 Å². The van der Waals surface area contributed by atoms with Crippen LogP contribution < -0.4 is 10.0 Å². The highest BCUT2D eigenvalue weighted by molar-refractivity contribution is 7.89. The first-order valence-corrected chi connectivity index (χ1v) is 12.9. The van der Waals surface area contributed by atoms with Gasteiger partial charge in [-0.15, -0.1) is 0 Å². The summed E-state index contributed by atoms with van der Waals surface area (Å²) < 4.78 is 29.3. The molecule has 3 aromatic rings. The van der Waals surface area contributed by atoms with Crippen LogP contribution in [0.3, 0.4) is 0 Å². The Morgan fingerprint density at radius 2 is 1.82 bits per heavy atom. The predicted octanol–water partition coefficient (Wildman–Crippen LogP) is 4.13. The molecule has 1 heterocycles. The number of pyridine rings is 1. The number of rotatable bonds is 9. The molecule has 7 heteroatoms. The monoisotopic (exact) mass is 463 g/mol. The molecule has 4 rings (SSSR count). The molecular formula is C26H29N3O3S. The van der Waals surface area contributed by atoms with Gasteiger partial charge in [0.2, 0.25) is 15.9 Å². The molecule has 6 nitrogen and oxygen atoms in total. The van der Waals surface area contributed by atoms with E-state index < -0.39 is 16.1 Å². The summed E-state index contributed by atoms with van der Waals surface area (Å²) >= 11 is 0. The maximum atomic E-state index is 13.3. The first-order chi connectivity index (χ1) is 16.0. The summed E-state index contributed by atoms with van der Waals surface area (Å²) in [6, 6.07) is 17.1. The van der Waals surface area contributed by atoms with Gasteiger partial charge in [0.25, 0.3) is 0 Å². The Morgan fingerprint density at radius 3 is 2.61 bits per heavy atom. The van der Waals surface area contributed by atoms with Gasteiger partial charge < -0.3 is 5.32 Å². The molecule has 0 bridgehead atoms. The fourth-order valence-corrected chi connectivity index (χ4v) is 5.56. The van der Waals surface area contributed by atoms with Crippen LogP contribution in [0.2, 0.25) is 0 Å². The summed E-state index contributed by atoms with van der Waals surface area (Å²) in [7, 11) is -3.98. The number of carbonyl (C=O) groups is 1. The smallest absolute Gasteiger partial charge is 0.243 e. The number of allylic oxidation sites excluding steroid dienone is 1. The number of carbonyl (C=O) groups excluding carboxylic acids is 1. The van der Waals surface area contributed by atoms with E-state index >= 15 is 0 Å². The Balaban J connectivity index is 1.53. The van der Waals surface area contributed by atoms with E-state index in [1.54, 1.807) is 18.3 Å². The number of amides is 1. The number of sulfonamides is 1. The molecular weight excluding hydrogens is 434 g/mol. The van der Waals surface area contributed by atoms with Crippen LogP contribution in [0.5, 0.6) is 0 Å². The summed E-state index contributed by atoms with van der Waals surface area (Å²) in [6.07, 6.45) is 9.46. The molecule has 0 aliphatic heterocycles. The van der Waals surface area contributed by atoms with Crippen LogP contribution in [-0.4, -0.2) is 31.9 Å². The van der Waals surface area contributed by atoms with Gasteiger partial charge in [-0.25, -0.2) is 8.42 Å². The van der Waals surface area contributed by atoms with Crippen molar-refractivity contribution in [2.75, 3.05) is 6.54 Å². The van der Waals surface area contributed by atoms with Crippen molar-refractivity contribution in [2.45, 2.75) is 49.5 Å². The van der Waals surface area contributed by atoms with Crippen molar-refractivity contribution in [1.82, 2.24) is 15.0 Å². The molecule has 1 unspecified atom stereocenters. The Morgan fingerprint density at radius 1 is 1.00 bits per heavy atom. The number of benzene rings is 2. The second kappa shape index (κ2) is 10.7. The number of fused-ring (bicyclic) bond motifs is 1. The SMILES string of the molecule is O=C(NCCC1=CCCCC1)C(Cc1ccccc1)NS(=O)(=O)c1cccc2cccnc12. The van der Waals surface area contributed by atoms with Gasteiger partial charge in [-0.3, -0.25) is 9.78 Å². The summed E-state index contributed by atoms with van der Waals surface area (Å²) in [5.74, 6) is -0.327. The first-order valence-electron chi connectivity index (χ1n) is 11.4. The van der Waals surface area contributed by atoms with Crippen LogP contribution in [0.1, 0.15) is 37.7 Å². The van der Waals surface area contributed by atoms with Gasteiger partial charge in [-0.2, -0.15) is 4.72 Å². The lowest BCUT2D eigenvalue weighted by molar-refractivity contribution is -0.122. The van der Waals surface area contributed by atoms with E-state index in [1.165, 1.54) is 24.5 Å². The van der Waals surface area contributed by atoms with Crippen LogP contribution in [0.25, 0.3) is 10.9 Å². The molecule has 0 radical (unpaired) electrons. The van der Waals surface area contributed by atoms with Gasteiger partial charge in [-0.1, -0.05) is 60.2 Å². The van der Waals surface area contributed by atoms with Crippen LogP contribution in [-0.2, 0) is 21.2 Å². The van der Waals surface area contributed by atoms with Crippen molar-refractivity contribution < 1.29 is 13.2 Å². The molecule has 0 spiro atoms. The number of hydrogen-bond donors (Lipinski definition) is 2. The average molecular weight is 464 g/mol. The standard InChI is InChI=1S/C26H29N3O3S/c30-26(28-18-16-20-9-3-1-4-10-20)23(19-21-11-5-2-6-12-21)29-33(31,32)24-15-7-13-22-14-8-17-27-25(22)24/h2,5-9,11-15,17,23,29H,1,3-4,10,16,18-19H2,(H,28,30). The molecule has 1 aromatic heterocycles. The molecule has 1 amide bonds. The lowest BCUT2D eigenvalue weighted by Crippen LogP contribution is -2.48.